The van der Waals surface area contributed by atoms with Crippen LogP contribution in [0.4, 0.5) is 15.9 Å². The second-order valence-corrected chi connectivity index (χ2v) is 9.11. The van der Waals surface area contributed by atoms with Crippen LogP contribution in [0.3, 0.4) is 0 Å². The Balaban J connectivity index is 1.38. The van der Waals surface area contributed by atoms with Gasteiger partial charge in [0.15, 0.2) is 11.6 Å². The van der Waals surface area contributed by atoms with Crippen molar-refractivity contribution in [2.75, 3.05) is 52.2 Å². The topological polar surface area (TPSA) is 83.7 Å². The summed E-state index contributed by atoms with van der Waals surface area (Å²) in [5.74, 6) is 0.930. The van der Waals surface area contributed by atoms with Crippen LogP contribution in [0.2, 0.25) is 0 Å². The van der Waals surface area contributed by atoms with Crippen molar-refractivity contribution in [3.8, 4) is 17.4 Å². The number of ether oxygens (including phenoxy) is 1. The maximum atomic E-state index is 14.4. The molecule has 5 rings (SSSR count). The predicted octanol–water partition coefficient (Wildman–Crippen LogP) is 3.65. The van der Waals surface area contributed by atoms with Gasteiger partial charge in [-0.3, -0.25) is 4.98 Å². The Morgan fingerprint density at radius 2 is 1.94 bits per heavy atom. The van der Waals surface area contributed by atoms with Crippen LogP contribution in [0.15, 0.2) is 48.9 Å². The summed E-state index contributed by atoms with van der Waals surface area (Å²) in [6.07, 6.45) is 7.90. The number of halogens is 1. The standard InChI is InChI=1S/C26H31FN8O/c1-33-12-14-34(15-13-33)11-4-3-6-19-16-23-26(30-21-9-10-28-17-20(21)27)31-25(32-35(23)18-19)22-7-5-8-24(29-22)36-2/h5,7-10,16-18H,3-4,6,11-15H2,1-2H3,(H,28,30,31,32). The summed E-state index contributed by atoms with van der Waals surface area (Å²) in [7, 11) is 3.75. The highest BCUT2D eigenvalue weighted by Crippen LogP contribution is 2.26. The molecule has 0 unspecified atom stereocenters. The molecule has 10 heteroatoms. The maximum absolute atomic E-state index is 14.4. The molecule has 1 aliphatic heterocycles. The van der Waals surface area contributed by atoms with E-state index < -0.39 is 5.82 Å². The molecule has 36 heavy (non-hydrogen) atoms. The van der Waals surface area contributed by atoms with Crippen molar-refractivity contribution >= 4 is 17.0 Å². The minimum absolute atomic E-state index is 0.296. The molecule has 0 aliphatic carbocycles. The number of pyridine rings is 2. The molecule has 1 saturated heterocycles. The molecule has 0 bridgehead atoms. The highest BCUT2D eigenvalue weighted by molar-refractivity contribution is 5.75. The SMILES string of the molecule is COc1cccc(-c2nc(Nc3ccncc3F)c3cc(CCCCN4CCN(C)CC4)cn3n2)n1. The zero-order valence-electron chi connectivity index (χ0n) is 20.7. The van der Waals surface area contributed by atoms with Crippen molar-refractivity contribution in [1.29, 1.82) is 0 Å². The van der Waals surface area contributed by atoms with Gasteiger partial charge in [-0.2, -0.15) is 0 Å². The summed E-state index contributed by atoms with van der Waals surface area (Å²) in [5, 5.41) is 7.83. The van der Waals surface area contributed by atoms with Crippen molar-refractivity contribution in [3.63, 3.8) is 0 Å². The Bertz CT molecular complexity index is 1320. The second kappa shape index (κ2) is 11.0. The third-order valence-corrected chi connectivity index (χ3v) is 6.49. The number of unbranched alkanes of at least 4 members (excludes halogenated alkanes) is 1. The first-order valence-corrected chi connectivity index (χ1v) is 12.3. The van der Waals surface area contributed by atoms with Gasteiger partial charge in [-0.05, 0) is 56.6 Å². The predicted molar refractivity (Wildman–Crippen MR) is 137 cm³/mol. The summed E-state index contributed by atoms with van der Waals surface area (Å²) in [4.78, 5) is 17.9. The van der Waals surface area contributed by atoms with Crippen molar-refractivity contribution < 1.29 is 9.13 Å². The average molecular weight is 491 g/mol. The van der Waals surface area contributed by atoms with E-state index in [-0.39, 0.29) is 0 Å². The first-order valence-electron chi connectivity index (χ1n) is 12.3. The summed E-state index contributed by atoms with van der Waals surface area (Å²) in [6, 6.07) is 9.08. The Labute approximate surface area is 210 Å². The zero-order valence-corrected chi connectivity index (χ0v) is 20.7. The monoisotopic (exact) mass is 490 g/mol. The van der Waals surface area contributed by atoms with E-state index in [1.54, 1.807) is 23.8 Å². The molecule has 1 fully saturated rings. The first-order chi connectivity index (χ1) is 17.6. The van der Waals surface area contributed by atoms with Crippen LogP contribution in [0.5, 0.6) is 5.88 Å². The van der Waals surface area contributed by atoms with E-state index in [9.17, 15) is 4.39 Å². The summed E-state index contributed by atoms with van der Waals surface area (Å²) in [5.41, 5.74) is 2.80. The number of piperazine rings is 1. The van der Waals surface area contributed by atoms with Gasteiger partial charge in [0.1, 0.15) is 11.2 Å². The summed E-state index contributed by atoms with van der Waals surface area (Å²) >= 11 is 0. The fourth-order valence-corrected chi connectivity index (χ4v) is 4.38. The van der Waals surface area contributed by atoms with Crippen molar-refractivity contribution in [2.45, 2.75) is 19.3 Å². The van der Waals surface area contributed by atoms with Crippen molar-refractivity contribution in [1.82, 2.24) is 34.4 Å². The van der Waals surface area contributed by atoms with E-state index >= 15 is 0 Å². The maximum Gasteiger partial charge on any atom is 0.213 e. The van der Waals surface area contributed by atoms with Gasteiger partial charge in [0.2, 0.25) is 11.7 Å². The highest BCUT2D eigenvalue weighted by atomic mass is 19.1. The van der Waals surface area contributed by atoms with Crippen LogP contribution in [0.25, 0.3) is 17.0 Å². The molecule has 0 saturated carbocycles. The lowest BCUT2D eigenvalue weighted by Crippen LogP contribution is -2.44. The van der Waals surface area contributed by atoms with Gasteiger partial charge < -0.3 is 19.9 Å². The molecular formula is C26H31FN8O. The van der Waals surface area contributed by atoms with E-state index in [0.29, 0.717) is 28.9 Å². The number of nitrogens with zero attached hydrogens (tertiary/aromatic N) is 7. The molecule has 0 spiro atoms. The number of anilines is 2. The highest BCUT2D eigenvalue weighted by Gasteiger charge is 2.16. The van der Waals surface area contributed by atoms with Gasteiger partial charge in [-0.25, -0.2) is 18.9 Å². The van der Waals surface area contributed by atoms with Crippen LogP contribution >= 0.6 is 0 Å². The molecular weight excluding hydrogens is 459 g/mol. The van der Waals surface area contributed by atoms with Gasteiger partial charge in [-0.15, -0.1) is 5.10 Å². The van der Waals surface area contributed by atoms with Gasteiger partial charge >= 0.3 is 0 Å². The van der Waals surface area contributed by atoms with E-state index in [0.717, 1.165) is 63.1 Å². The minimum atomic E-state index is -0.453. The molecule has 4 aromatic heterocycles. The first kappa shape index (κ1) is 24.1. The Morgan fingerprint density at radius 1 is 1.08 bits per heavy atom. The Kier molecular flexibility index (Phi) is 7.33. The Morgan fingerprint density at radius 3 is 2.75 bits per heavy atom. The molecule has 188 valence electrons. The van der Waals surface area contributed by atoms with E-state index in [4.69, 9.17) is 14.8 Å². The molecule has 1 N–H and O–H groups in total. The van der Waals surface area contributed by atoms with E-state index in [1.807, 2.05) is 18.3 Å². The fourth-order valence-electron chi connectivity index (χ4n) is 4.38. The van der Waals surface area contributed by atoms with Crippen LogP contribution in [-0.2, 0) is 6.42 Å². The van der Waals surface area contributed by atoms with E-state index in [2.05, 4.69) is 38.2 Å². The van der Waals surface area contributed by atoms with Gasteiger partial charge in [0, 0.05) is 44.6 Å². The minimum Gasteiger partial charge on any atom is -0.481 e. The number of hydrogen-bond donors (Lipinski definition) is 1. The zero-order chi connectivity index (χ0) is 24.9. The average Bonchev–Trinajstić information content (AvgIpc) is 3.32. The van der Waals surface area contributed by atoms with Crippen LogP contribution in [0.1, 0.15) is 18.4 Å². The quantitative estimate of drug-likeness (QED) is 0.356. The molecule has 1 aliphatic rings. The van der Waals surface area contributed by atoms with Gasteiger partial charge in [0.05, 0.1) is 19.0 Å². The number of methoxy groups -OCH3 is 1. The van der Waals surface area contributed by atoms with Crippen LogP contribution in [-0.4, -0.2) is 81.2 Å². The third-order valence-electron chi connectivity index (χ3n) is 6.49. The lowest BCUT2D eigenvalue weighted by atomic mass is 10.1. The van der Waals surface area contributed by atoms with Gasteiger partial charge in [-0.1, -0.05) is 6.07 Å². The number of aromatic nitrogens is 5. The molecule has 9 nitrogen and oxygen atoms in total. The normalized spacial score (nSPS) is 14.9. The van der Waals surface area contributed by atoms with Crippen molar-refractivity contribution in [3.05, 3.63) is 60.3 Å². The number of likely N-dealkylation sites (N-methyl/N-ethyl adjacent to an activating group) is 1. The second-order valence-electron chi connectivity index (χ2n) is 9.11. The number of nitrogens with one attached hydrogen (secondary N) is 1. The molecule has 0 aromatic carbocycles. The number of fused-ring (bicyclic) bond motifs is 1. The number of rotatable bonds is 9. The number of hydrogen-bond acceptors (Lipinski definition) is 8. The largest absolute Gasteiger partial charge is 0.481 e. The number of aryl methyl sites for hydroxylation is 1. The smallest absolute Gasteiger partial charge is 0.213 e. The molecule has 0 amide bonds. The van der Waals surface area contributed by atoms with Crippen LogP contribution in [0, 0.1) is 5.82 Å². The Hall–Kier alpha value is -3.63. The molecule has 4 aromatic rings. The van der Waals surface area contributed by atoms with Crippen LogP contribution < -0.4 is 10.1 Å². The third kappa shape index (κ3) is 5.60. The summed E-state index contributed by atoms with van der Waals surface area (Å²) < 4.78 is 21.4. The molecule has 0 radical (unpaired) electrons. The van der Waals surface area contributed by atoms with E-state index in [1.165, 1.54) is 12.4 Å². The lowest BCUT2D eigenvalue weighted by Gasteiger charge is -2.32. The van der Waals surface area contributed by atoms with Gasteiger partial charge in [0.25, 0.3) is 0 Å². The molecule has 0 atom stereocenters. The van der Waals surface area contributed by atoms with Crippen molar-refractivity contribution in [2.24, 2.45) is 0 Å². The molecule has 5 heterocycles. The fraction of sp³-hybridized carbons (Fsp3) is 0.385. The summed E-state index contributed by atoms with van der Waals surface area (Å²) in [6.45, 7) is 5.69. The lowest BCUT2D eigenvalue weighted by molar-refractivity contribution is 0.152.